The van der Waals surface area contributed by atoms with Crippen molar-refractivity contribution >= 4 is 5.91 Å². The van der Waals surface area contributed by atoms with Gasteiger partial charge in [0, 0.05) is 17.9 Å². The molecule has 1 fully saturated rings. The smallest absolute Gasteiger partial charge is 0.223 e. The van der Waals surface area contributed by atoms with Crippen molar-refractivity contribution < 1.29 is 19.0 Å². The van der Waals surface area contributed by atoms with E-state index in [4.69, 9.17) is 4.74 Å². The Morgan fingerprint density at radius 2 is 2.23 bits per heavy atom. The number of amides is 1. The first-order chi connectivity index (χ1) is 10.6. The number of nitrogens with one attached hydrogen (secondary N) is 1. The molecule has 3 rings (SSSR count). The molecule has 1 aliphatic heterocycles. The molecule has 5 heteroatoms. The summed E-state index contributed by atoms with van der Waals surface area (Å²) in [5.74, 6) is -0.101. The van der Waals surface area contributed by atoms with Crippen LogP contribution in [-0.2, 0) is 4.79 Å². The van der Waals surface area contributed by atoms with Gasteiger partial charge >= 0.3 is 0 Å². The highest BCUT2D eigenvalue weighted by atomic mass is 19.1. The summed E-state index contributed by atoms with van der Waals surface area (Å²) in [7, 11) is 0. The zero-order valence-corrected chi connectivity index (χ0v) is 12.8. The van der Waals surface area contributed by atoms with Crippen LogP contribution >= 0.6 is 0 Å². The number of rotatable bonds is 5. The number of benzene rings is 1. The lowest BCUT2D eigenvalue weighted by Crippen LogP contribution is -2.33. The van der Waals surface area contributed by atoms with Crippen LogP contribution in [0.5, 0.6) is 5.75 Å². The van der Waals surface area contributed by atoms with E-state index in [1.54, 1.807) is 6.07 Å². The quantitative estimate of drug-likeness (QED) is 0.879. The summed E-state index contributed by atoms with van der Waals surface area (Å²) in [6, 6.07) is 2.88. The topological polar surface area (TPSA) is 58.6 Å². The Kier molecular flexibility index (Phi) is 4.34. The first kappa shape index (κ1) is 15.3. The second-order valence-corrected chi connectivity index (χ2v) is 6.20. The molecule has 0 radical (unpaired) electrons. The zero-order valence-electron chi connectivity index (χ0n) is 12.8. The van der Waals surface area contributed by atoms with Gasteiger partial charge in [-0.1, -0.05) is 13.3 Å². The average Bonchev–Trinajstić information content (AvgIpc) is 3.33. The normalized spacial score (nSPS) is 21.7. The molecule has 1 saturated carbocycles. The van der Waals surface area contributed by atoms with Crippen molar-refractivity contribution in [3.63, 3.8) is 0 Å². The molecule has 1 aliphatic carbocycles. The molecule has 2 unspecified atom stereocenters. The number of ether oxygens (including phenoxy) is 1. The van der Waals surface area contributed by atoms with Crippen LogP contribution in [-0.4, -0.2) is 17.6 Å². The molecule has 2 aliphatic rings. The molecular weight excluding hydrogens is 285 g/mol. The summed E-state index contributed by atoms with van der Waals surface area (Å²) in [4.78, 5) is 12.0. The van der Waals surface area contributed by atoms with E-state index in [1.165, 1.54) is 6.07 Å². The first-order valence-electron chi connectivity index (χ1n) is 8.04. The van der Waals surface area contributed by atoms with Crippen LogP contribution in [0, 0.1) is 11.7 Å². The van der Waals surface area contributed by atoms with Crippen molar-refractivity contribution in [2.75, 3.05) is 6.61 Å². The summed E-state index contributed by atoms with van der Waals surface area (Å²) in [5.41, 5.74) is 1.19. The summed E-state index contributed by atoms with van der Waals surface area (Å²) in [5, 5.41) is 13.1. The van der Waals surface area contributed by atoms with E-state index in [2.05, 4.69) is 5.32 Å². The predicted molar refractivity (Wildman–Crippen MR) is 80.0 cm³/mol. The van der Waals surface area contributed by atoms with Gasteiger partial charge in [0.15, 0.2) is 11.6 Å². The van der Waals surface area contributed by atoms with Crippen LogP contribution < -0.4 is 10.1 Å². The van der Waals surface area contributed by atoms with Gasteiger partial charge in [-0.25, -0.2) is 4.39 Å². The number of fused-ring (bicyclic) bond motifs is 1. The monoisotopic (exact) mass is 307 g/mol. The number of halogens is 1. The number of hydrogen-bond donors (Lipinski definition) is 2. The number of hydrogen-bond acceptors (Lipinski definition) is 3. The van der Waals surface area contributed by atoms with Crippen LogP contribution in [0.15, 0.2) is 12.1 Å². The van der Waals surface area contributed by atoms with E-state index in [1.807, 2.05) is 6.92 Å². The molecule has 120 valence electrons. The molecule has 22 heavy (non-hydrogen) atoms. The Morgan fingerprint density at radius 3 is 2.91 bits per heavy atom. The fourth-order valence-electron chi connectivity index (χ4n) is 2.90. The lowest BCUT2D eigenvalue weighted by Gasteiger charge is -2.28. The number of carbonyl (C=O) groups excluding carboxylic acids is 1. The Bertz CT molecular complexity index is 571. The highest BCUT2D eigenvalue weighted by Crippen LogP contribution is 2.38. The van der Waals surface area contributed by atoms with Gasteiger partial charge in [0.05, 0.1) is 18.8 Å². The first-order valence-corrected chi connectivity index (χ1v) is 8.04. The van der Waals surface area contributed by atoms with Crippen LogP contribution in [0.25, 0.3) is 0 Å². The van der Waals surface area contributed by atoms with E-state index in [0.29, 0.717) is 30.6 Å². The highest BCUT2D eigenvalue weighted by Gasteiger charge is 2.33. The number of carbonyl (C=O) groups is 1. The van der Waals surface area contributed by atoms with Crippen LogP contribution in [0.4, 0.5) is 4.39 Å². The maximum absolute atomic E-state index is 14.3. The summed E-state index contributed by atoms with van der Waals surface area (Å²) in [6.45, 7) is 2.36. The van der Waals surface area contributed by atoms with Crippen LogP contribution in [0.3, 0.4) is 0 Å². The summed E-state index contributed by atoms with van der Waals surface area (Å²) >= 11 is 0. The van der Waals surface area contributed by atoms with Crippen molar-refractivity contribution in [1.29, 1.82) is 0 Å². The molecule has 2 N–H and O–H groups in total. The largest absolute Gasteiger partial charge is 0.490 e. The van der Waals surface area contributed by atoms with Gasteiger partial charge < -0.3 is 15.2 Å². The van der Waals surface area contributed by atoms with Gasteiger partial charge in [0.2, 0.25) is 5.91 Å². The summed E-state index contributed by atoms with van der Waals surface area (Å²) < 4.78 is 19.7. The van der Waals surface area contributed by atoms with Crippen LogP contribution in [0.1, 0.15) is 62.3 Å². The van der Waals surface area contributed by atoms with Crippen molar-refractivity contribution in [2.45, 2.75) is 51.2 Å². The third-order valence-corrected chi connectivity index (χ3v) is 4.33. The minimum absolute atomic E-state index is 0.0396. The van der Waals surface area contributed by atoms with E-state index in [0.717, 1.165) is 19.3 Å². The van der Waals surface area contributed by atoms with E-state index in [-0.39, 0.29) is 23.6 Å². The standard InChI is InChI=1S/C17H22FNO3/c1-2-3-15(20)11-8-12-14(19-17(21)10-4-5-10)6-7-22-16(12)13(18)9-11/h8-10,14-15,20H,2-7H2,1H3,(H,19,21). The fourth-order valence-corrected chi connectivity index (χ4v) is 2.90. The molecule has 1 amide bonds. The Labute approximate surface area is 129 Å². The molecule has 0 bridgehead atoms. The number of aliphatic hydroxyl groups is 1. The molecule has 1 heterocycles. The second-order valence-electron chi connectivity index (χ2n) is 6.20. The van der Waals surface area contributed by atoms with Gasteiger partial charge in [-0.3, -0.25) is 4.79 Å². The SMILES string of the molecule is CCCC(O)c1cc(F)c2c(c1)C(NC(=O)C1CC1)CCO2. The second kappa shape index (κ2) is 6.24. The maximum atomic E-state index is 14.3. The van der Waals surface area contributed by atoms with E-state index >= 15 is 0 Å². The van der Waals surface area contributed by atoms with Gasteiger partial charge in [-0.15, -0.1) is 0 Å². The minimum atomic E-state index is -0.688. The summed E-state index contributed by atoms with van der Waals surface area (Å²) in [6.07, 6.45) is 3.21. The Hall–Kier alpha value is -1.62. The maximum Gasteiger partial charge on any atom is 0.223 e. The molecule has 2 atom stereocenters. The van der Waals surface area contributed by atoms with Gasteiger partial charge in [-0.05, 0) is 37.0 Å². The molecule has 0 aromatic heterocycles. The van der Waals surface area contributed by atoms with Crippen LogP contribution in [0.2, 0.25) is 0 Å². The zero-order chi connectivity index (χ0) is 15.7. The number of aliphatic hydroxyl groups excluding tert-OH is 1. The molecule has 1 aromatic rings. The molecule has 4 nitrogen and oxygen atoms in total. The van der Waals surface area contributed by atoms with E-state index < -0.39 is 11.9 Å². The third-order valence-electron chi connectivity index (χ3n) is 4.33. The molecule has 1 aromatic carbocycles. The van der Waals surface area contributed by atoms with Gasteiger partial charge in [0.25, 0.3) is 0 Å². The Morgan fingerprint density at radius 1 is 1.45 bits per heavy atom. The fraction of sp³-hybridized carbons (Fsp3) is 0.588. The Balaban J connectivity index is 1.87. The van der Waals surface area contributed by atoms with Crippen molar-refractivity contribution in [2.24, 2.45) is 5.92 Å². The van der Waals surface area contributed by atoms with Gasteiger partial charge in [0.1, 0.15) is 0 Å². The molecular formula is C17H22FNO3. The van der Waals surface area contributed by atoms with Crippen molar-refractivity contribution in [3.8, 4) is 5.75 Å². The van der Waals surface area contributed by atoms with Crippen molar-refractivity contribution in [3.05, 3.63) is 29.1 Å². The molecule has 0 spiro atoms. The lowest BCUT2D eigenvalue weighted by atomic mass is 9.94. The predicted octanol–water partition coefficient (Wildman–Crippen LogP) is 3.01. The minimum Gasteiger partial charge on any atom is -0.490 e. The lowest BCUT2D eigenvalue weighted by molar-refractivity contribution is -0.123. The molecule has 0 saturated heterocycles. The van der Waals surface area contributed by atoms with Gasteiger partial charge in [-0.2, -0.15) is 0 Å². The average molecular weight is 307 g/mol. The van der Waals surface area contributed by atoms with E-state index in [9.17, 15) is 14.3 Å². The highest BCUT2D eigenvalue weighted by molar-refractivity contribution is 5.81. The van der Waals surface area contributed by atoms with Crippen molar-refractivity contribution in [1.82, 2.24) is 5.32 Å². The third kappa shape index (κ3) is 3.09.